The van der Waals surface area contributed by atoms with Gasteiger partial charge < -0.3 is 10.1 Å². The fourth-order valence-electron chi connectivity index (χ4n) is 5.26. The second-order valence-electron chi connectivity index (χ2n) is 8.49. The van der Waals surface area contributed by atoms with E-state index in [2.05, 4.69) is 22.3 Å². The first-order chi connectivity index (χ1) is 14.5. The van der Waals surface area contributed by atoms with Gasteiger partial charge in [0.1, 0.15) is 11.6 Å². The Morgan fingerprint density at radius 3 is 2.83 bits per heavy atom. The van der Waals surface area contributed by atoms with Gasteiger partial charge in [0.05, 0.1) is 23.5 Å². The molecule has 2 heterocycles. The van der Waals surface area contributed by atoms with Gasteiger partial charge in [0.2, 0.25) is 5.91 Å². The normalized spacial score (nSPS) is 25.7. The van der Waals surface area contributed by atoms with Crippen LogP contribution < -0.4 is 10.1 Å². The average Bonchev–Trinajstić information content (AvgIpc) is 3.04. The number of pyridine rings is 1. The van der Waals surface area contributed by atoms with Crippen LogP contribution in [0, 0.1) is 29.5 Å². The minimum absolute atomic E-state index is 0.0111. The molecule has 3 unspecified atom stereocenters. The van der Waals surface area contributed by atoms with Crippen molar-refractivity contribution in [3.8, 4) is 5.75 Å². The number of aryl methyl sites for hydroxylation is 1. The molecule has 2 saturated carbocycles. The molecular formula is C23H25FN4O2. The van der Waals surface area contributed by atoms with Crippen LogP contribution in [0.5, 0.6) is 5.75 Å². The van der Waals surface area contributed by atoms with E-state index in [0.29, 0.717) is 28.9 Å². The molecule has 0 spiro atoms. The Hall–Kier alpha value is -2.96. The molecule has 0 bridgehead atoms. The number of hydrogen-bond donors (Lipinski definition) is 1. The molecule has 2 aliphatic rings. The summed E-state index contributed by atoms with van der Waals surface area (Å²) in [6.07, 6.45) is 7.97. The van der Waals surface area contributed by atoms with E-state index in [9.17, 15) is 9.18 Å². The van der Waals surface area contributed by atoms with Crippen LogP contribution in [-0.4, -0.2) is 26.8 Å². The number of carbonyl (C=O) groups excluding carboxylic acids is 1. The average molecular weight is 408 g/mol. The highest BCUT2D eigenvalue weighted by Gasteiger charge is 2.60. The highest BCUT2D eigenvalue weighted by atomic mass is 19.1. The molecule has 2 fully saturated rings. The summed E-state index contributed by atoms with van der Waals surface area (Å²) in [5, 5.41) is 7.82. The van der Waals surface area contributed by atoms with E-state index in [4.69, 9.17) is 4.74 Å². The summed E-state index contributed by atoms with van der Waals surface area (Å²) in [6.45, 7) is 2.08. The van der Waals surface area contributed by atoms with Gasteiger partial charge in [-0.3, -0.25) is 14.5 Å². The van der Waals surface area contributed by atoms with Gasteiger partial charge in [0.15, 0.2) is 0 Å². The van der Waals surface area contributed by atoms with Crippen LogP contribution in [0.4, 0.5) is 10.1 Å². The number of fused-ring (bicyclic) bond motifs is 2. The summed E-state index contributed by atoms with van der Waals surface area (Å²) in [7, 11) is 1.83. The zero-order chi connectivity index (χ0) is 20.8. The topological polar surface area (TPSA) is 69.0 Å². The molecule has 1 N–H and O–H groups in total. The first kappa shape index (κ1) is 19.0. The van der Waals surface area contributed by atoms with Gasteiger partial charge in [-0.25, -0.2) is 4.39 Å². The Labute approximate surface area is 174 Å². The van der Waals surface area contributed by atoms with Crippen LogP contribution in [0.15, 0.2) is 42.9 Å². The molecule has 2 aliphatic carbocycles. The van der Waals surface area contributed by atoms with E-state index in [1.807, 2.05) is 13.2 Å². The highest BCUT2D eigenvalue weighted by molar-refractivity contribution is 5.92. The number of nitrogens with one attached hydrogen (secondary N) is 1. The molecule has 6 nitrogen and oxygen atoms in total. The molecule has 0 aliphatic heterocycles. The molecule has 7 heteroatoms. The number of halogens is 1. The van der Waals surface area contributed by atoms with E-state index in [1.54, 1.807) is 29.2 Å². The largest absolute Gasteiger partial charge is 0.490 e. The molecular weight excluding hydrogens is 383 g/mol. The first-order valence-electron chi connectivity index (χ1n) is 10.5. The Morgan fingerprint density at radius 2 is 2.13 bits per heavy atom. The Kier molecular flexibility index (Phi) is 4.68. The third-order valence-electron chi connectivity index (χ3n) is 6.64. The maximum atomic E-state index is 13.7. The molecule has 0 radical (unpaired) electrons. The number of carbonyl (C=O) groups is 1. The van der Waals surface area contributed by atoms with Crippen molar-refractivity contribution in [2.24, 2.45) is 30.7 Å². The van der Waals surface area contributed by atoms with Gasteiger partial charge in [-0.15, -0.1) is 0 Å². The lowest BCUT2D eigenvalue weighted by Crippen LogP contribution is -2.27. The molecule has 1 aromatic carbocycles. The van der Waals surface area contributed by atoms with Gasteiger partial charge in [-0.05, 0) is 61.3 Å². The van der Waals surface area contributed by atoms with Crippen LogP contribution in [-0.2, 0) is 11.8 Å². The van der Waals surface area contributed by atoms with E-state index in [0.717, 1.165) is 30.5 Å². The van der Waals surface area contributed by atoms with E-state index < -0.39 is 0 Å². The predicted octanol–water partition coefficient (Wildman–Crippen LogP) is 4.18. The molecule has 2 aromatic heterocycles. The lowest BCUT2D eigenvalue weighted by Gasteiger charge is -2.21. The zero-order valence-corrected chi connectivity index (χ0v) is 17.1. The highest BCUT2D eigenvalue weighted by Crippen LogP contribution is 2.62. The van der Waals surface area contributed by atoms with Gasteiger partial charge in [0, 0.05) is 30.7 Å². The lowest BCUT2D eigenvalue weighted by atomic mass is 9.93. The van der Waals surface area contributed by atoms with Crippen LogP contribution in [0.1, 0.15) is 26.2 Å². The number of nitrogens with zero attached hydrogens (tertiary/aromatic N) is 3. The van der Waals surface area contributed by atoms with Gasteiger partial charge >= 0.3 is 0 Å². The zero-order valence-electron chi connectivity index (χ0n) is 17.1. The summed E-state index contributed by atoms with van der Waals surface area (Å²) in [4.78, 5) is 17.1. The Bertz CT molecular complexity index is 1090. The van der Waals surface area contributed by atoms with E-state index in [-0.39, 0.29) is 23.7 Å². The number of aromatic nitrogens is 3. The summed E-state index contributed by atoms with van der Waals surface area (Å²) in [5.41, 5.74) is 1.47. The van der Waals surface area contributed by atoms with Crippen LogP contribution in [0.2, 0.25) is 0 Å². The van der Waals surface area contributed by atoms with Gasteiger partial charge in [-0.1, -0.05) is 6.92 Å². The molecule has 5 rings (SSSR count). The van der Waals surface area contributed by atoms with Crippen molar-refractivity contribution in [2.75, 3.05) is 5.32 Å². The molecule has 5 atom stereocenters. The summed E-state index contributed by atoms with van der Waals surface area (Å²) >= 11 is 0. The summed E-state index contributed by atoms with van der Waals surface area (Å²) in [6, 6.07) is 6.37. The number of ether oxygens (including phenoxy) is 1. The van der Waals surface area contributed by atoms with Crippen molar-refractivity contribution in [1.29, 1.82) is 0 Å². The molecule has 156 valence electrons. The van der Waals surface area contributed by atoms with E-state index >= 15 is 0 Å². The molecule has 30 heavy (non-hydrogen) atoms. The van der Waals surface area contributed by atoms with Crippen molar-refractivity contribution in [2.45, 2.75) is 32.3 Å². The fraction of sp³-hybridized carbons (Fsp3) is 0.435. The monoisotopic (exact) mass is 408 g/mol. The van der Waals surface area contributed by atoms with Crippen LogP contribution in [0.25, 0.3) is 10.9 Å². The van der Waals surface area contributed by atoms with Crippen molar-refractivity contribution in [3.05, 3.63) is 48.7 Å². The van der Waals surface area contributed by atoms with Crippen LogP contribution >= 0.6 is 0 Å². The number of hydrogen-bond acceptors (Lipinski definition) is 4. The van der Waals surface area contributed by atoms with Gasteiger partial charge in [-0.2, -0.15) is 5.10 Å². The Balaban J connectivity index is 1.22. The second kappa shape index (κ2) is 7.38. The summed E-state index contributed by atoms with van der Waals surface area (Å²) in [5.74, 6) is 1.94. The number of anilines is 1. The molecule has 3 aromatic rings. The molecule has 0 saturated heterocycles. The van der Waals surface area contributed by atoms with Crippen molar-refractivity contribution in [1.82, 2.24) is 14.8 Å². The third kappa shape index (κ3) is 3.42. The standard InChI is InChI=1S/C23H25FN4O2/c1-3-16(23(29)27-14-11-26-28(2)12-14)22-17-9-15(10-18(17)22)30-21-6-7-25-20-5-4-13(24)8-19(20)21/h4-8,11-12,15-18,22H,3,9-10H2,1-2H3,(H,27,29)/t15?,16?,17-,18+,22?. The predicted molar refractivity (Wildman–Crippen MR) is 111 cm³/mol. The minimum atomic E-state index is -0.292. The van der Waals surface area contributed by atoms with Gasteiger partial charge in [0.25, 0.3) is 0 Å². The quantitative estimate of drug-likeness (QED) is 0.665. The van der Waals surface area contributed by atoms with E-state index in [1.165, 1.54) is 12.1 Å². The van der Waals surface area contributed by atoms with Crippen molar-refractivity contribution >= 4 is 22.5 Å². The van der Waals surface area contributed by atoms with Crippen molar-refractivity contribution in [3.63, 3.8) is 0 Å². The summed E-state index contributed by atoms with van der Waals surface area (Å²) < 4.78 is 21.6. The maximum absolute atomic E-state index is 13.7. The number of rotatable bonds is 6. The SMILES string of the molecule is CCC(C(=O)Nc1cnn(C)c1)C1[C@H]2CC(Oc3ccnc4ccc(F)cc34)C[C@@H]12. The van der Waals surface area contributed by atoms with Crippen molar-refractivity contribution < 1.29 is 13.9 Å². The fourth-order valence-corrected chi connectivity index (χ4v) is 5.26. The lowest BCUT2D eigenvalue weighted by molar-refractivity contribution is -0.121. The third-order valence-corrected chi connectivity index (χ3v) is 6.64. The number of benzene rings is 1. The minimum Gasteiger partial charge on any atom is -0.490 e. The maximum Gasteiger partial charge on any atom is 0.227 e. The second-order valence-corrected chi connectivity index (χ2v) is 8.49. The van der Waals surface area contributed by atoms with Crippen LogP contribution in [0.3, 0.4) is 0 Å². The molecule has 1 amide bonds. The number of amides is 1. The Morgan fingerprint density at radius 1 is 1.33 bits per heavy atom. The smallest absolute Gasteiger partial charge is 0.227 e. The first-order valence-corrected chi connectivity index (χ1v) is 10.5.